The summed E-state index contributed by atoms with van der Waals surface area (Å²) >= 11 is 5.91. The Morgan fingerprint density at radius 1 is 1.19 bits per heavy atom. The standard InChI is InChI=1S/C16H17ClO4/c1-9-8-12-13(15(18)21-16(2,3)20-12)14(19-9)10-4-6-11(17)7-5-10/h4-7,9,14H,8H2,1-3H3/t9-,14+/m1/s1. The minimum Gasteiger partial charge on any atom is -0.456 e. The van der Waals surface area contributed by atoms with Crippen molar-refractivity contribution >= 4 is 17.6 Å². The lowest BCUT2D eigenvalue weighted by Crippen LogP contribution is -2.41. The first-order valence-electron chi connectivity index (χ1n) is 6.92. The molecule has 0 saturated heterocycles. The molecular formula is C16H17ClO4. The smallest absolute Gasteiger partial charge is 0.343 e. The van der Waals surface area contributed by atoms with Gasteiger partial charge >= 0.3 is 5.97 Å². The molecule has 0 saturated carbocycles. The lowest BCUT2D eigenvalue weighted by Gasteiger charge is -2.39. The average Bonchev–Trinajstić information content (AvgIpc) is 2.36. The molecule has 0 amide bonds. The Morgan fingerprint density at radius 2 is 1.86 bits per heavy atom. The van der Waals surface area contributed by atoms with Crippen molar-refractivity contribution in [2.45, 2.75) is 45.2 Å². The molecule has 2 aliphatic rings. The van der Waals surface area contributed by atoms with Gasteiger partial charge in [0, 0.05) is 25.3 Å². The number of halogens is 1. The van der Waals surface area contributed by atoms with Crippen molar-refractivity contribution in [1.82, 2.24) is 0 Å². The summed E-state index contributed by atoms with van der Waals surface area (Å²) in [6, 6.07) is 7.25. The van der Waals surface area contributed by atoms with Crippen LogP contribution in [0.3, 0.4) is 0 Å². The van der Waals surface area contributed by atoms with Crippen LogP contribution in [0, 0.1) is 0 Å². The van der Waals surface area contributed by atoms with E-state index < -0.39 is 11.9 Å². The summed E-state index contributed by atoms with van der Waals surface area (Å²) < 4.78 is 17.1. The monoisotopic (exact) mass is 308 g/mol. The molecule has 0 fully saturated rings. The van der Waals surface area contributed by atoms with E-state index in [1.54, 1.807) is 26.0 Å². The van der Waals surface area contributed by atoms with Crippen molar-refractivity contribution < 1.29 is 19.0 Å². The Kier molecular flexibility index (Phi) is 3.46. The SMILES string of the molecule is C[C@@H]1CC2=C(C(=O)OC(C)(C)O2)[C@H](c2ccc(Cl)cc2)O1. The molecule has 2 atom stereocenters. The molecule has 1 aromatic rings. The molecule has 0 N–H and O–H groups in total. The van der Waals surface area contributed by atoms with Crippen molar-refractivity contribution in [2.75, 3.05) is 0 Å². The third-order valence-corrected chi connectivity index (χ3v) is 3.76. The highest BCUT2D eigenvalue weighted by atomic mass is 35.5. The fourth-order valence-corrected chi connectivity index (χ4v) is 2.79. The van der Waals surface area contributed by atoms with Gasteiger partial charge in [0.05, 0.1) is 6.10 Å². The molecule has 21 heavy (non-hydrogen) atoms. The molecule has 0 spiro atoms. The highest BCUT2D eigenvalue weighted by molar-refractivity contribution is 6.30. The Morgan fingerprint density at radius 3 is 2.52 bits per heavy atom. The summed E-state index contributed by atoms with van der Waals surface area (Å²) in [5.74, 6) is -0.652. The minimum absolute atomic E-state index is 0.0360. The summed E-state index contributed by atoms with van der Waals surface area (Å²) in [7, 11) is 0. The van der Waals surface area contributed by atoms with Crippen LogP contribution >= 0.6 is 11.6 Å². The van der Waals surface area contributed by atoms with Crippen LogP contribution in [-0.4, -0.2) is 17.9 Å². The van der Waals surface area contributed by atoms with Gasteiger partial charge < -0.3 is 14.2 Å². The first kappa shape index (κ1) is 14.4. The van der Waals surface area contributed by atoms with Crippen LogP contribution in [-0.2, 0) is 19.0 Å². The maximum Gasteiger partial charge on any atom is 0.343 e. The van der Waals surface area contributed by atoms with Crippen LogP contribution in [0.5, 0.6) is 0 Å². The Hall–Kier alpha value is -1.52. The van der Waals surface area contributed by atoms with E-state index in [9.17, 15) is 4.79 Å². The number of rotatable bonds is 1. The van der Waals surface area contributed by atoms with E-state index in [0.29, 0.717) is 22.8 Å². The molecule has 0 bridgehead atoms. The highest BCUT2D eigenvalue weighted by Crippen LogP contribution is 2.42. The van der Waals surface area contributed by atoms with E-state index in [1.807, 2.05) is 19.1 Å². The summed E-state index contributed by atoms with van der Waals surface area (Å²) in [6.07, 6.45) is 0.0496. The van der Waals surface area contributed by atoms with Crippen LogP contribution in [0.15, 0.2) is 35.6 Å². The zero-order chi connectivity index (χ0) is 15.2. The predicted octanol–water partition coefficient (Wildman–Crippen LogP) is 3.75. The van der Waals surface area contributed by atoms with Gasteiger partial charge in [-0.05, 0) is 24.6 Å². The quantitative estimate of drug-likeness (QED) is 0.741. The molecular weight excluding hydrogens is 292 g/mol. The number of ether oxygens (including phenoxy) is 3. The van der Waals surface area contributed by atoms with E-state index in [1.165, 1.54) is 0 Å². The predicted molar refractivity (Wildman–Crippen MR) is 77.6 cm³/mol. The molecule has 2 aliphatic heterocycles. The van der Waals surface area contributed by atoms with Gasteiger partial charge in [-0.3, -0.25) is 0 Å². The second-order valence-corrected chi connectivity index (χ2v) is 6.25. The topological polar surface area (TPSA) is 44.8 Å². The van der Waals surface area contributed by atoms with Gasteiger partial charge in [0.15, 0.2) is 0 Å². The number of esters is 1. The zero-order valence-corrected chi connectivity index (χ0v) is 12.9. The molecule has 0 aliphatic carbocycles. The van der Waals surface area contributed by atoms with Crippen LogP contribution < -0.4 is 0 Å². The lowest BCUT2D eigenvalue weighted by molar-refractivity contribution is -0.217. The lowest BCUT2D eigenvalue weighted by atomic mass is 9.94. The van der Waals surface area contributed by atoms with Gasteiger partial charge in [-0.1, -0.05) is 23.7 Å². The summed E-state index contributed by atoms with van der Waals surface area (Å²) in [5.41, 5.74) is 1.31. The van der Waals surface area contributed by atoms with Gasteiger partial charge in [-0.2, -0.15) is 0 Å². The molecule has 3 rings (SSSR count). The molecule has 4 nitrogen and oxygen atoms in total. The summed E-state index contributed by atoms with van der Waals surface area (Å²) in [6.45, 7) is 5.42. The number of cyclic esters (lactones) is 1. The maximum atomic E-state index is 12.3. The van der Waals surface area contributed by atoms with E-state index >= 15 is 0 Å². The Balaban J connectivity index is 2.04. The first-order chi connectivity index (χ1) is 9.85. The molecule has 0 radical (unpaired) electrons. The van der Waals surface area contributed by atoms with Gasteiger partial charge in [0.1, 0.15) is 17.4 Å². The second-order valence-electron chi connectivity index (χ2n) is 5.81. The third kappa shape index (κ3) is 2.78. The van der Waals surface area contributed by atoms with Gasteiger partial charge in [-0.25, -0.2) is 4.79 Å². The molecule has 0 aromatic heterocycles. The number of carbonyl (C=O) groups is 1. The molecule has 112 valence electrons. The molecule has 0 unspecified atom stereocenters. The fraction of sp³-hybridized carbons (Fsp3) is 0.438. The highest BCUT2D eigenvalue weighted by Gasteiger charge is 2.43. The summed E-state index contributed by atoms with van der Waals surface area (Å²) in [4.78, 5) is 12.3. The summed E-state index contributed by atoms with van der Waals surface area (Å²) in [5, 5.41) is 0.639. The van der Waals surface area contributed by atoms with E-state index in [0.717, 1.165) is 5.56 Å². The van der Waals surface area contributed by atoms with Gasteiger partial charge in [0.2, 0.25) is 5.79 Å². The molecule has 2 heterocycles. The van der Waals surface area contributed by atoms with E-state index in [2.05, 4.69) is 0 Å². The van der Waals surface area contributed by atoms with Crippen LogP contribution in [0.1, 0.15) is 38.9 Å². The molecule has 1 aromatic carbocycles. The van der Waals surface area contributed by atoms with E-state index in [4.69, 9.17) is 25.8 Å². The third-order valence-electron chi connectivity index (χ3n) is 3.50. The van der Waals surface area contributed by atoms with Crippen LogP contribution in [0.4, 0.5) is 0 Å². The van der Waals surface area contributed by atoms with Crippen molar-refractivity contribution in [3.8, 4) is 0 Å². The molecule has 5 heteroatoms. The van der Waals surface area contributed by atoms with Crippen molar-refractivity contribution in [2.24, 2.45) is 0 Å². The van der Waals surface area contributed by atoms with Crippen molar-refractivity contribution in [3.63, 3.8) is 0 Å². The normalized spacial score (nSPS) is 27.7. The fourth-order valence-electron chi connectivity index (χ4n) is 2.66. The van der Waals surface area contributed by atoms with Gasteiger partial charge in [0.25, 0.3) is 0 Å². The minimum atomic E-state index is -0.933. The number of carbonyl (C=O) groups excluding carboxylic acids is 1. The van der Waals surface area contributed by atoms with Crippen molar-refractivity contribution in [1.29, 1.82) is 0 Å². The Bertz CT molecular complexity index is 603. The average molecular weight is 309 g/mol. The zero-order valence-electron chi connectivity index (χ0n) is 12.2. The number of hydrogen-bond acceptors (Lipinski definition) is 4. The van der Waals surface area contributed by atoms with E-state index in [-0.39, 0.29) is 12.1 Å². The van der Waals surface area contributed by atoms with Gasteiger partial charge in [-0.15, -0.1) is 0 Å². The largest absolute Gasteiger partial charge is 0.456 e. The first-order valence-corrected chi connectivity index (χ1v) is 7.30. The number of benzene rings is 1. The number of hydrogen-bond donors (Lipinski definition) is 0. The van der Waals surface area contributed by atoms with Crippen LogP contribution in [0.2, 0.25) is 5.02 Å². The van der Waals surface area contributed by atoms with Crippen LogP contribution in [0.25, 0.3) is 0 Å². The maximum absolute atomic E-state index is 12.3. The second kappa shape index (κ2) is 5.04. The van der Waals surface area contributed by atoms with Crippen molar-refractivity contribution in [3.05, 3.63) is 46.2 Å². The Labute approximate surface area is 128 Å².